The third kappa shape index (κ3) is 5.44. The number of ether oxygens (including phenoxy) is 1. The molecule has 0 bridgehead atoms. The monoisotopic (exact) mass is 718 g/mol. The second kappa shape index (κ2) is 13.2. The van der Waals surface area contributed by atoms with Crippen molar-refractivity contribution in [2.75, 3.05) is 0 Å². The molecule has 2 aliphatic rings. The van der Waals surface area contributed by atoms with Crippen LogP contribution in [0.15, 0.2) is 194 Å². The van der Waals surface area contributed by atoms with Gasteiger partial charge < -0.3 is 9.30 Å². The zero-order valence-corrected chi connectivity index (χ0v) is 30.4. The van der Waals surface area contributed by atoms with E-state index in [-0.39, 0.29) is 0 Å². The van der Waals surface area contributed by atoms with Crippen molar-refractivity contribution in [2.45, 2.75) is 12.3 Å². The van der Waals surface area contributed by atoms with Gasteiger partial charge in [0, 0.05) is 44.6 Å². The lowest BCUT2D eigenvalue weighted by Crippen LogP contribution is -2.03. The highest BCUT2D eigenvalue weighted by Gasteiger charge is 2.31. The lowest BCUT2D eigenvalue weighted by molar-refractivity contribution is 0.426. The second-order valence-corrected chi connectivity index (χ2v) is 14.4. The molecule has 0 fully saturated rings. The molecular weight excluding hydrogens is 685 g/mol. The summed E-state index contributed by atoms with van der Waals surface area (Å²) in [7, 11) is 0. The Hall–Kier alpha value is -7.37. The zero-order valence-electron chi connectivity index (χ0n) is 30.4. The summed E-state index contributed by atoms with van der Waals surface area (Å²) in [6.45, 7) is 0. The maximum Gasteiger partial charge on any atom is 0.164 e. The summed E-state index contributed by atoms with van der Waals surface area (Å²) in [5.74, 6) is 4.22. The average molecular weight is 719 g/mol. The molecule has 0 amide bonds. The van der Waals surface area contributed by atoms with Gasteiger partial charge in [0.2, 0.25) is 0 Å². The lowest BCUT2D eigenvalue weighted by Gasteiger charge is -2.16. The SMILES string of the molecule is C1=C(c2ccc3c(c2)c2ccccc2n3-c2cccc(-c3ccccc3-c3nc(-c4ccccc4)nc(-c4ccccc4)n3)c2)C=C2Oc3ccccc3C2C1. The summed E-state index contributed by atoms with van der Waals surface area (Å²) >= 11 is 0. The molecule has 5 nitrogen and oxygen atoms in total. The van der Waals surface area contributed by atoms with Crippen molar-refractivity contribution in [3.63, 3.8) is 0 Å². The number of aromatic nitrogens is 4. The largest absolute Gasteiger partial charge is 0.461 e. The first-order valence-corrected chi connectivity index (χ1v) is 19.0. The van der Waals surface area contributed by atoms with Gasteiger partial charge in [-0.1, -0.05) is 146 Å². The Morgan fingerprint density at radius 3 is 1.93 bits per heavy atom. The van der Waals surface area contributed by atoms with E-state index in [1.54, 1.807) is 0 Å². The van der Waals surface area contributed by atoms with Gasteiger partial charge in [-0.15, -0.1) is 0 Å². The molecule has 0 N–H and O–H groups in total. The minimum atomic E-state index is 0.292. The molecular formula is C51H34N4O. The minimum Gasteiger partial charge on any atom is -0.461 e. The van der Waals surface area contributed by atoms with Gasteiger partial charge in [0.05, 0.1) is 11.0 Å². The number of allylic oxidation sites excluding steroid dienone is 4. The highest BCUT2D eigenvalue weighted by Crippen LogP contribution is 2.47. The molecule has 1 unspecified atom stereocenters. The molecule has 0 saturated carbocycles. The maximum absolute atomic E-state index is 6.32. The Morgan fingerprint density at radius 1 is 0.482 bits per heavy atom. The zero-order chi connectivity index (χ0) is 37.0. The van der Waals surface area contributed by atoms with Crippen molar-refractivity contribution in [3.8, 4) is 56.7 Å². The van der Waals surface area contributed by atoms with E-state index in [0.717, 1.165) is 62.5 Å². The van der Waals surface area contributed by atoms with Gasteiger partial charge >= 0.3 is 0 Å². The van der Waals surface area contributed by atoms with E-state index < -0.39 is 0 Å². The van der Waals surface area contributed by atoms with Crippen LogP contribution in [0.5, 0.6) is 5.75 Å². The summed E-state index contributed by atoms with van der Waals surface area (Å²) in [5.41, 5.74) is 12.0. The van der Waals surface area contributed by atoms with Crippen LogP contribution in [0.2, 0.25) is 0 Å². The maximum atomic E-state index is 6.32. The number of para-hydroxylation sites is 2. The molecule has 0 saturated heterocycles. The Bertz CT molecular complexity index is 2980. The van der Waals surface area contributed by atoms with E-state index >= 15 is 0 Å². The molecule has 5 heteroatoms. The van der Waals surface area contributed by atoms with Crippen LogP contribution in [0.4, 0.5) is 0 Å². The highest BCUT2D eigenvalue weighted by atomic mass is 16.5. The molecule has 1 atom stereocenters. The van der Waals surface area contributed by atoms with Gasteiger partial charge in [-0.3, -0.25) is 0 Å². The highest BCUT2D eigenvalue weighted by molar-refractivity contribution is 6.10. The topological polar surface area (TPSA) is 52.8 Å². The smallest absolute Gasteiger partial charge is 0.164 e. The van der Waals surface area contributed by atoms with Crippen molar-refractivity contribution < 1.29 is 4.74 Å². The molecule has 11 rings (SSSR count). The Balaban J connectivity index is 1.01. The third-order valence-corrected chi connectivity index (χ3v) is 11.0. The lowest BCUT2D eigenvalue weighted by atomic mass is 9.87. The van der Waals surface area contributed by atoms with Gasteiger partial charge in [-0.25, -0.2) is 15.0 Å². The standard InChI is InChI=1S/C51H34N4O/c1-3-14-33(15-4-1)49-52-50(34-16-5-2-6-17-34)54-51(53-49)43-23-8-7-20-39(43)37-18-13-19-38(30-37)55-45-24-11-9-21-40(45)44-31-35(27-29-46(44)55)36-26-28-42-41-22-10-12-25-47(41)56-48(42)32-36/h1-27,29-32,42H,28H2. The quantitative estimate of drug-likeness (QED) is 0.172. The molecule has 1 aliphatic carbocycles. The Labute approximate surface area is 324 Å². The van der Waals surface area contributed by atoms with Gasteiger partial charge in [-0.2, -0.15) is 0 Å². The summed E-state index contributed by atoms with van der Waals surface area (Å²) in [6, 6.07) is 61.4. The van der Waals surface area contributed by atoms with Gasteiger partial charge in [0.1, 0.15) is 11.5 Å². The molecule has 264 valence electrons. The van der Waals surface area contributed by atoms with Crippen LogP contribution in [0, 0.1) is 0 Å². The normalized spacial score (nSPS) is 14.5. The van der Waals surface area contributed by atoms with E-state index in [4.69, 9.17) is 19.7 Å². The number of fused-ring (bicyclic) bond motifs is 6. The van der Waals surface area contributed by atoms with Crippen LogP contribution in [-0.2, 0) is 0 Å². The summed E-state index contributed by atoms with van der Waals surface area (Å²) < 4.78 is 8.70. The molecule has 0 spiro atoms. The minimum absolute atomic E-state index is 0.292. The fourth-order valence-corrected chi connectivity index (χ4v) is 8.35. The molecule has 3 heterocycles. The van der Waals surface area contributed by atoms with Crippen LogP contribution in [0.1, 0.15) is 23.5 Å². The van der Waals surface area contributed by atoms with E-state index in [1.807, 2.05) is 66.7 Å². The first-order chi connectivity index (χ1) is 27.7. The molecule has 0 radical (unpaired) electrons. The fourth-order valence-electron chi connectivity index (χ4n) is 8.35. The first-order valence-electron chi connectivity index (χ1n) is 19.0. The summed E-state index contributed by atoms with van der Waals surface area (Å²) in [6.07, 6.45) is 5.52. The van der Waals surface area contributed by atoms with Crippen LogP contribution in [-0.4, -0.2) is 19.5 Å². The van der Waals surface area contributed by atoms with Crippen molar-refractivity contribution >= 4 is 27.4 Å². The predicted octanol–water partition coefficient (Wildman–Crippen LogP) is 12.5. The van der Waals surface area contributed by atoms with Crippen molar-refractivity contribution in [1.82, 2.24) is 19.5 Å². The van der Waals surface area contributed by atoms with E-state index in [2.05, 4.69) is 126 Å². The average Bonchev–Trinajstić information content (AvgIpc) is 3.82. The molecule has 2 aromatic heterocycles. The van der Waals surface area contributed by atoms with Gasteiger partial charge in [0.25, 0.3) is 0 Å². The van der Waals surface area contributed by atoms with Crippen molar-refractivity contribution in [3.05, 3.63) is 205 Å². The molecule has 1 aliphatic heterocycles. The van der Waals surface area contributed by atoms with Crippen molar-refractivity contribution in [1.29, 1.82) is 0 Å². The second-order valence-electron chi connectivity index (χ2n) is 14.4. The third-order valence-electron chi connectivity index (χ3n) is 11.0. The van der Waals surface area contributed by atoms with Gasteiger partial charge in [-0.05, 0) is 71.2 Å². The number of rotatable bonds is 6. The molecule has 7 aromatic carbocycles. The van der Waals surface area contributed by atoms with Crippen molar-refractivity contribution in [2.24, 2.45) is 0 Å². The van der Waals surface area contributed by atoms with Crippen LogP contribution in [0.3, 0.4) is 0 Å². The number of benzene rings is 7. The molecule has 56 heavy (non-hydrogen) atoms. The number of hydrogen-bond donors (Lipinski definition) is 0. The van der Waals surface area contributed by atoms with E-state index in [0.29, 0.717) is 23.4 Å². The first kappa shape index (κ1) is 32.1. The fraction of sp³-hybridized carbons (Fsp3) is 0.0392. The summed E-state index contributed by atoms with van der Waals surface area (Å²) in [4.78, 5) is 15.1. The summed E-state index contributed by atoms with van der Waals surface area (Å²) in [5, 5.41) is 2.43. The van der Waals surface area contributed by atoms with E-state index in [9.17, 15) is 0 Å². The number of nitrogens with zero attached hydrogens (tertiary/aromatic N) is 4. The van der Waals surface area contributed by atoms with E-state index in [1.165, 1.54) is 27.5 Å². The van der Waals surface area contributed by atoms with Crippen LogP contribution >= 0.6 is 0 Å². The van der Waals surface area contributed by atoms with Crippen LogP contribution in [0.25, 0.3) is 78.4 Å². The van der Waals surface area contributed by atoms with Gasteiger partial charge in [0.15, 0.2) is 17.5 Å². The Morgan fingerprint density at radius 2 is 1.12 bits per heavy atom. The molecule has 9 aromatic rings. The number of hydrogen-bond acceptors (Lipinski definition) is 4. The Kier molecular flexibility index (Phi) is 7.56. The predicted molar refractivity (Wildman–Crippen MR) is 226 cm³/mol. The van der Waals surface area contributed by atoms with Crippen LogP contribution < -0.4 is 4.74 Å².